The molecule has 0 aliphatic heterocycles. The quantitative estimate of drug-likeness (QED) is 0.483. The van der Waals surface area contributed by atoms with Crippen LogP contribution >= 0.6 is 0 Å². The SMILES string of the molecule is CN(C)c1ccc([N+](=O)[O-])cc1S(=O)(=O)O. The van der Waals surface area contributed by atoms with Gasteiger partial charge in [-0.15, -0.1) is 0 Å². The van der Waals surface area contributed by atoms with Crippen molar-refractivity contribution in [2.45, 2.75) is 4.90 Å². The van der Waals surface area contributed by atoms with Gasteiger partial charge in [-0.25, -0.2) is 0 Å². The lowest BCUT2D eigenvalue weighted by Crippen LogP contribution is -2.13. The normalized spacial score (nSPS) is 11.2. The van der Waals surface area contributed by atoms with E-state index in [1.807, 2.05) is 0 Å². The van der Waals surface area contributed by atoms with Gasteiger partial charge in [-0.05, 0) is 6.07 Å². The zero-order chi connectivity index (χ0) is 12.5. The number of nitro groups is 1. The summed E-state index contributed by atoms with van der Waals surface area (Å²) in [6, 6.07) is 3.26. The number of nitrogens with zero attached hydrogens (tertiary/aromatic N) is 2. The Kier molecular flexibility index (Phi) is 3.15. The molecule has 0 amide bonds. The van der Waals surface area contributed by atoms with Gasteiger partial charge in [-0.2, -0.15) is 8.42 Å². The monoisotopic (exact) mass is 246 g/mol. The highest BCUT2D eigenvalue weighted by Crippen LogP contribution is 2.27. The van der Waals surface area contributed by atoms with Crippen LogP contribution in [0.25, 0.3) is 0 Å². The van der Waals surface area contributed by atoms with Crippen LogP contribution in [0.4, 0.5) is 11.4 Å². The summed E-state index contributed by atoms with van der Waals surface area (Å²) in [4.78, 5) is 10.7. The Morgan fingerprint density at radius 2 is 1.94 bits per heavy atom. The Hall–Kier alpha value is -1.67. The minimum Gasteiger partial charge on any atom is -0.377 e. The summed E-state index contributed by atoms with van der Waals surface area (Å²) in [6.45, 7) is 0. The molecule has 0 atom stereocenters. The van der Waals surface area contributed by atoms with Gasteiger partial charge < -0.3 is 4.90 Å². The molecule has 0 bridgehead atoms. The minimum atomic E-state index is -4.48. The molecule has 1 rings (SSSR count). The van der Waals surface area contributed by atoms with Crippen molar-refractivity contribution in [3.05, 3.63) is 28.3 Å². The summed E-state index contributed by atoms with van der Waals surface area (Å²) in [5, 5.41) is 10.5. The first-order chi connectivity index (χ1) is 7.23. The fourth-order valence-corrected chi connectivity index (χ4v) is 1.98. The smallest absolute Gasteiger partial charge is 0.296 e. The molecule has 0 radical (unpaired) electrons. The van der Waals surface area contributed by atoms with E-state index in [1.54, 1.807) is 14.1 Å². The number of nitro benzene ring substituents is 1. The molecule has 0 fully saturated rings. The molecule has 0 saturated carbocycles. The van der Waals surface area contributed by atoms with Gasteiger partial charge >= 0.3 is 0 Å². The summed E-state index contributed by atoms with van der Waals surface area (Å²) in [6.07, 6.45) is 0. The van der Waals surface area contributed by atoms with E-state index in [-0.39, 0.29) is 5.69 Å². The second-order valence-electron chi connectivity index (χ2n) is 3.28. The predicted octanol–water partition coefficient (Wildman–Crippen LogP) is 0.907. The Morgan fingerprint density at radius 3 is 2.31 bits per heavy atom. The number of hydrogen-bond acceptors (Lipinski definition) is 5. The first-order valence-electron chi connectivity index (χ1n) is 4.16. The van der Waals surface area contributed by atoms with Gasteiger partial charge in [0.05, 0.1) is 10.6 Å². The van der Waals surface area contributed by atoms with Gasteiger partial charge in [-0.1, -0.05) is 0 Å². The van der Waals surface area contributed by atoms with Crippen molar-refractivity contribution in [3.63, 3.8) is 0 Å². The molecule has 7 nitrogen and oxygen atoms in total. The Labute approximate surface area is 92.2 Å². The first kappa shape index (κ1) is 12.4. The van der Waals surface area contributed by atoms with Crippen LogP contribution in [0.15, 0.2) is 23.1 Å². The molecular formula is C8H10N2O5S. The van der Waals surface area contributed by atoms with E-state index in [1.165, 1.54) is 17.0 Å². The van der Waals surface area contributed by atoms with Gasteiger partial charge in [0.15, 0.2) is 0 Å². The molecule has 0 heterocycles. The van der Waals surface area contributed by atoms with Gasteiger partial charge in [-0.3, -0.25) is 14.7 Å². The van der Waals surface area contributed by atoms with Crippen LogP contribution in [0.5, 0.6) is 0 Å². The largest absolute Gasteiger partial charge is 0.377 e. The summed E-state index contributed by atoms with van der Waals surface area (Å²) >= 11 is 0. The second-order valence-corrected chi connectivity index (χ2v) is 4.67. The van der Waals surface area contributed by atoms with Crippen molar-refractivity contribution < 1.29 is 17.9 Å². The van der Waals surface area contributed by atoms with Crippen LogP contribution in [0, 0.1) is 10.1 Å². The molecule has 0 aliphatic carbocycles. The maximum absolute atomic E-state index is 11.0. The van der Waals surface area contributed by atoms with Crippen molar-refractivity contribution in [2.75, 3.05) is 19.0 Å². The summed E-state index contributed by atoms with van der Waals surface area (Å²) < 4.78 is 31.0. The third-order valence-corrected chi connectivity index (χ3v) is 2.80. The van der Waals surface area contributed by atoms with E-state index in [2.05, 4.69) is 0 Å². The van der Waals surface area contributed by atoms with Crippen LogP contribution in [-0.4, -0.2) is 32.0 Å². The fourth-order valence-electron chi connectivity index (χ4n) is 1.19. The number of rotatable bonds is 3. The van der Waals surface area contributed by atoms with Crippen LogP contribution in [0.1, 0.15) is 0 Å². The molecule has 88 valence electrons. The first-order valence-corrected chi connectivity index (χ1v) is 5.60. The summed E-state index contributed by atoms with van der Waals surface area (Å²) in [7, 11) is -1.35. The van der Waals surface area contributed by atoms with Crippen molar-refractivity contribution >= 4 is 21.5 Å². The van der Waals surface area contributed by atoms with Crippen LogP contribution in [-0.2, 0) is 10.1 Å². The van der Waals surface area contributed by atoms with E-state index in [0.717, 1.165) is 6.07 Å². The zero-order valence-electron chi connectivity index (χ0n) is 8.61. The maximum atomic E-state index is 11.0. The predicted molar refractivity (Wildman–Crippen MR) is 57.2 cm³/mol. The van der Waals surface area contributed by atoms with Crippen LogP contribution in [0.3, 0.4) is 0 Å². The lowest BCUT2D eigenvalue weighted by atomic mass is 10.2. The maximum Gasteiger partial charge on any atom is 0.296 e. The van der Waals surface area contributed by atoms with Gasteiger partial charge in [0.1, 0.15) is 4.90 Å². The van der Waals surface area contributed by atoms with E-state index in [9.17, 15) is 18.5 Å². The van der Waals surface area contributed by atoms with Gasteiger partial charge in [0, 0.05) is 26.2 Å². The van der Waals surface area contributed by atoms with E-state index in [4.69, 9.17) is 4.55 Å². The molecule has 0 saturated heterocycles. The molecular weight excluding hydrogens is 236 g/mol. The van der Waals surface area contributed by atoms with E-state index >= 15 is 0 Å². The molecule has 1 aromatic rings. The Morgan fingerprint density at radius 1 is 1.38 bits per heavy atom. The molecule has 0 aromatic heterocycles. The molecule has 0 unspecified atom stereocenters. The Bertz CT molecular complexity index is 523. The molecule has 0 aliphatic rings. The highest BCUT2D eigenvalue weighted by Gasteiger charge is 2.20. The average Bonchev–Trinajstić information content (AvgIpc) is 2.15. The summed E-state index contributed by atoms with van der Waals surface area (Å²) in [5.41, 5.74) is -0.202. The Balaban J connectivity index is 3.51. The highest BCUT2D eigenvalue weighted by atomic mass is 32.2. The minimum absolute atomic E-state index is 0.188. The van der Waals surface area contributed by atoms with Crippen molar-refractivity contribution in [2.24, 2.45) is 0 Å². The lowest BCUT2D eigenvalue weighted by Gasteiger charge is -2.15. The number of non-ortho nitro benzene ring substituents is 1. The summed E-state index contributed by atoms with van der Waals surface area (Å²) in [5.74, 6) is 0. The van der Waals surface area contributed by atoms with Gasteiger partial charge in [0.2, 0.25) is 0 Å². The molecule has 8 heteroatoms. The highest BCUT2D eigenvalue weighted by molar-refractivity contribution is 7.86. The van der Waals surface area contributed by atoms with Crippen LogP contribution in [0.2, 0.25) is 0 Å². The zero-order valence-corrected chi connectivity index (χ0v) is 9.43. The van der Waals surface area contributed by atoms with Gasteiger partial charge in [0.25, 0.3) is 15.8 Å². The topological polar surface area (TPSA) is 101 Å². The van der Waals surface area contributed by atoms with Crippen molar-refractivity contribution in [3.8, 4) is 0 Å². The third-order valence-electron chi connectivity index (χ3n) is 1.91. The standard InChI is InChI=1S/C8H10N2O5S/c1-9(2)7-4-3-6(10(11)12)5-8(7)16(13,14)15/h3-5H,1-2H3,(H,13,14,15). The fraction of sp³-hybridized carbons (Fsp3) is 0.250. The molecule has 1 aromatic carbocycles. The van der Waals surface area contributed by atoms with Crippen molar-refractivity contribution in [1.29, 1.82) is 0 Å². The number of hydrogen-bond donors (Lipinski definition) is 1. The van der Waals surface area contributed by atoms with E-state index in [0.29, 0.717) is 0 Å². The molecule has 1 N–H and O–H groups in total. The molecule has 0 spiro atoms. The number of anilines is 1. The lowest BCUT2D eigenvalue weighted by molar-refractivity contribution is -0.385. The van der Waals surface area contributed by atoms with Crippen LogP contribution < -0.4 is 4.90 Å². The second kappa shape index (κ2) is 4.06. The van der Waals surface area contributed by atoms with E-state index < -0.39 is 25.6 Å². The third kappa shape index (κ3) is 2.47. The molecule has 16 heavy (non-hydrogen) atoms. The number of benzene rings is 1. The van der Waals surface area contributed by atoms with Crippen molar-refractivity contribution in [1.82, 2.24) is 0 Å². The average molecular weight is 246 g/mol.